The lowest BCUT2D eigenvalue weighted by Crippen LogP contribution is -2.29. The number of methoxy groups -OCH3 is 1. The third-order valence-electron chi connectivity index (χ3n) is 4.06. The SMILES string of the molecule is CCCNC(CC(C)C(C)(C)C)c1ncccc1OC. The lowest BCUT2D eigenvalue weighted by Gasteiger charge is -2.31. The smallest absolute Gasteiger partial charge is 0.141 e. The van der Waals surface area contributed by atoms with Crippen molar-refractivity contribution in [1.29, 1.82) is 0 Å². The van der Waals surface area contributed by atoms with E-state index in [1.165, 1.54) is 0 Å². The summed E-state index contributed by atoms with van der Waals surface area (Å²) >= 11 is 0. The first-order valence-corrected chi connectivity index (χ1v) is 7.62. The average Bonchev–Trinajstić information content (AvgIpc) is 2.42. The van der Waals surface area contributed by atoms with Crippen molar-refractivity contribution < 1.29 is 4.74 Å². The molecule has 0 bridgehead atoms. The molecule has 1 rings (SSSR count). The highest BCUT2D eigenvalue weighted by Crippen LogP contribution is 2.35. The highest BCUT2D eigenvalue weighted by Gasteiger charge is 2.26. The van der Waals surface area contributed by atoms with Gasteiger partial charge in [0.15, 0.2) is 0 Å². The zero-order chi connectivity index (χ0) is 15.2. The van der Waals surface area contributed by atoms with E-state index < -0.39 is 0 Å². The first-order valence-electron chi connectivity index (χ1n) is 7.62. The summed E-state index contributed by atoms with van der Waals surface area (Å²) in [6.45, 7) is 12.4. The summed E-state index contributed by atoms with van der Waals surface area (Å²) in [7, 11) is 1.71. The van der Waals surface area contributed by atoms with E-state index in [0.717, 1.165) is 30.8 Å². The van der Waals surface area contributed by atoms with E-state index in [0.29, 0.717) is 11.3 Å². The Morgan fingerprint density at radius 3 is 2.60 bits per heavy atom. The molecular weight excluding hydrogens is 248 g/mol. The predicted molar refractivity (Wildman–Crippen MR) is 85.1 cm³/mol. The first kappa shape index (κ1) is 17.0. The van der Waals surface area contributed by atoms with Gasteiger partial charge < -0.3 is 10.1 Å². The zero-order valence-corrected chi connectivity index (χ0v) is 13.9. The Labute approximate surface area is 124 Å². The third-order valence-corrected chi connectivity index (χ3v) is 4.06. The molecule has 0 spiro atoms. The number of pyridine rings is 1. The lowest BCUT2D eigenvalue weighted by molar-refractivity contribution is 0.220. The molecule has 114 valence electrons. The molecule has 2 unspecified atom stereocenters. The first-order chi connectivity index (χ1) is 9.40. The van der Waals surface area contributed by atoms with E-state index in [1.54, 1.807) is 7.11 Å². The van der Waals surface area contributed by atoms with Crippen LogP contribution in [0.5, 0.6) is 5.75 Å². The van der Waals surface area contributed by atoms with Crippen LogP contribution in [0.25, 0.3) is 0 Å². The van der Waals surface area contributed by atoms with Crippen molar-refractivity contribution in [3.63, 3.8) is 0 Å². The molecule has 1 aromatic rings. The molecule has 0 aliphatic heterocycles. The second-order valence-corrected chi connectivity index (χ2v) is 6.60. The van der Waals surface area contributed by atoms with Crippen LogP contribution in [0.2, 0.25) is 0 Å². The summed E-state index contributed by atoms with van der Waals surface area (Å²) in [6, 6.07) is 4.16. The quantitative estimate of drug-likeness (QED) is 0.811. The fourth-order valence-electron chi connectivity index (χ4n) is 2.15. The van der Waals surface area contributed by atoms with Gasteiger partial charge in [0, 0.05) is 6.20 Å². The molecule has 1 aromatic heterocycles. The van der Waals surface area contributed by atoms with E-state index in [2.05, 4.69) is 44.9 Å². The Hall–Kier alpha value is -1.09. The van der Waals surface area contributed by atoms with E-state index in [1.807, 2.05) is 18.3 Å². The third kappa shape index (κ3) is 4.78. The van der Waals surface area contributed by atoms with Gasteiger partial charge in [-0.2, -0.15) is 0 Å². The molecule has 2 atom stereocenters. The van der Waals surface area contributed by atoms with Gasteiger partial charge >= 0.3 is 0 Å². The number of hydrogen-bond acceptors (Lipinski definition) is 3. The Bertz CT molecular complexity index is 398. The van der Waals surface area contributed by atoms with Gasteiger partial charge in [0.1, 0.15) is 5.75 Å². The molecule has 3 heteroatoms. The van der Waals surface area contributed by atoms with Crippen molar-refractivity contribution in [3.05, 3.63) is 24.0 Å². The molecule has 1 N–H and O–H groups in total. The summed E-state index contributed by atoms with van der Waals surface area (Å²) in [5.74, 6) is 1.48. The lowest BCUT2D eigenvalue weighted by atomic mass is 9.78. The minimum absolute atomic E-state index is 0.250. The van der Waals surface area contributed by atoms with Crippen LogP contribution < -0.4 is 10.1 Å². The van der Waals surface area contributed by atoms with Gasteiger partial charge in [0.05, 0.1) is 18.8 Å². The van der Waals surface area contributed by atoms with Gasteiger partial charge in [-0.3, -0.25) is 4.98 Å². The normalized spacial score (nSPS) is 14.9. The molecule has 20 heavy (non-hydrogen) atoms. The Morgan fingerprint density at radius 2 is 2.05 bits per heavy atom. The van der Waals surface area contributed by atoms with Crippen LogP contribution in [0.4, 0.5) is 0 Å². The van der Waals surface area contributed by atoms with Gasteiger partial charge in [-0.15, -0.1) is 0 Å². The summed E-state index contributed by atoms with van der Waals surface area (Å²) in [6.07, 6.45) is 4.03. The van der Waals surface area contributed by atoms with Crippen LogP contribution in [0, 0.1) is 11.3 Å². The van der Waals surface area contributed by atoms with Crippen LogP contribution in [0.1, 0.15) is 59.2 Å². The van der Waals surface area contributed by atoms with Crippen molar-refractivity contribution in [1.82, 2.24) is 10.3 Å². The second kappa shape index (κ2) is 7.63. The molecule has 0 saturated carbocycles. The van der Waals surface area contributed by atoms with Crippen molar-refractivity contribution >= 4 is 0 Å². The minimum atomic E-state index is 0.250. The van der Waals surface area contributed by atoms with Gasteiger partial charge in [0.2, 0.25) is 0 Å². The summed E-state index contributed by atoms with van der Waals surface area (Å²) in [4.78, 5) is 4.55. The highest BCUT2D eigenvalue weighted by molar-refractivity contribution is 5.29. The fraction of sp³-hybridized carbons (Fsp3) is 0.706. The number of ether oxygens (including phenoxy) is 1. The Balaban J connectivity index is 2.94. The molecule has 0 aliphatic rings. The van der Waals surface area contributed by atoms with Crippen LogP contribution in [-0.4, -0.2) is 18.6 Å². The molecule has 0 radical (unpaired) electrons. The van der Waals surface area contributed by atoms with E-state index >= 15 is 0 Å². The van der Waals surface area contributed by atoms with Crippen LogP contribution in [-0.2, 0) is 0 Å². The maximum atomic E-state index is 5.47. The van der Waals surface area contributed by atoms with Gasteiger partial charge in [0.25, 0.3) is 0 Å². The summed E-state index contributed by atoms with van der Waals surface area (Å²) in [5, 5.41) is 3.62. The van der Waals surface area contributed by atoms with E-state index in [9.17, 15) is 0 Å². The molecule has 0 fully saturated rings. The van der Waals surface area contributed by atoms with Gasteiger partial charge in [-0.05, 0) is 42.9 Å². The van der Waals surface area contributed by atoms with Crippen LogP contribution >= 0.6 is 0 Å². The van der Waals surface area contributed by atoms with Crippen molar-refractivity contribution in [2.75, 3.05) is 13.7 Å². The topological polar surface area (TPSA) is 34.2 Å². The molecule has 3 nitrogen and oxygen atoms in total. The number of hydrogen-bond donors (Lipinski definition) is 1. The molecule has 0 aromatic carbocycles. The number of rotatable bonds is 7. The largest absolute Gasteiger partial charge is 0.495 e. The average molecular weight is 278 g/mol. The van der Waals surface area contributed by atoms with E-state index in [-0.39, 0.29) is 6.04 Å². The number of aromatic nitrogens is 1. The minimum Gasteiger partial charge on any atom is -0.495 e. The predicted octanol–water partition coefficient (Wildman–Crippen LogP) is 4.20. The van der Waals surface area contributed by atoms with E-state index in [4.69, 9.17) is 4.74 Å². The Kier molecular flexibility index (Phi) is 6.47. The van der Waals surface area contributed by atoms with Crippen molar-refractivity contribution in [2.24, 2.45) is 11.3 Å². The summed E-state index contributed by atoms with van der Waals surface area (Å²) < 4.78 is 5.47. The highest BCUT2D eigenvalue weighted by atomic mass is 16.5. The van der Waals surface area contributed by atoms with Crippen LogP contribution in [0.15, 0.2) is 18.3 Å². The molecule has 1 heterocycles. The Morgan fingerprint density at radius 1 is 1.35 bits per heavy atom. The molecular formula is C17H30N2O. The summed E-state index contributed by atoms with van der Waals surface area (Å²) in [5.41, 5.74) is 1.33. The van der Waals surface area contributed by atoms with Crippen molar-refractivity contribution in [2.45, 2.75) is 53.5 Å². The van der Waals surface area contributed by atoms with Crippen LogP contribution in [0.3, 0.4) is 0 Å². The second-order valence-electron chi connectivity index (χ2n) is 6.60. The monoisotopic (exact) mass is 278 g/mol. The standard InChI is InChI=1S/C17H30N2O/c1-7-10-18-14(12-13(2)17(3,4)5)16-15(20-6)9-8-11-19-16/h8-9,11,13-14,18H,7,10,12H2,1-6H3. The molecule has 0 amide bonds. The zero-order valence-electron chi connectivity index (χ0n) is 13.9. The number of nitrogens with one attached hydrogen (secondary N) is 1. The van der Waals surface area contributed by atoms with Gasteiger partial charge in [-0.25, -0.2) is 0 Å². The fourth-order valence-corrected chi connectivity index (χ4v) is 2.15. The maximum absolute atomic E-state index is 5.47. The molecule has 0 aliphatic carbocycles. The van der Waals surface area contributed by atoms with Gasteiger partial charge in [-0.1, -0.05) is 34.6 Å². The molecule has 0 saturated heterocycles. The maximum Gasteiger partial charge on any atom is 0.141 e. The number of nitrogens with zero attached hydrogens (tertiary/aromatic N) is 1. The van der Waals surface area contributed by atoms with Crippen molar-refractivity contribution in [3.8, 4) is 5.75 Å².